The Kier molecular flexibility index (Phi) is 3.56. The molecule has 0 bridgehead atoms. The van der Waals surface area contributed by atoms with Gasteiger partial charge >= 0.3 is 0 Å². The fourth-order valence-electron chi connectivity index (χ4n) is 1.55. The number of rotatable bonds is 3. The molecule has 0 saturated carbocycles. The van der Waals surface area contributed by atoms with Crippen LogP contribution in [0, 0.1) is 6.92 Å². The summed E-state index contributed by atoms with van der Waals surface area (Å²) in [5.74, 6) is 0. The van der Waals surface area contributed by atoms with Crippen molar-refractivity contribution in [1.29, 1.82) is 0 Å². The Morgan fingerprint density at radius 1 is 1.16 bits per heavy atom. The molecule has 0 aliphatic rings. The Balaban J connectivity index is 2.30. The molecule has 1 heterocycles. The van der Waals surface area contributed by atoms with Crippen molar-refractivity contribution >= 4 is 35.7 Å². The van der Waals surface area contributed by atoms with E-state index < -0.39 is 0 Å². The SMILES string of the molecule is C=Nc1cc(N)c(/N=C/c2ccc(C)cn2)cc1N. The van der Waals surface area contributed by atoms with Gasteiger partial charge in [-0.15, -0.1) is 0 Å². The molecule has 0 aliphatic carbocycles. The van der Waals surface area contributed by atoms with Crippen LogP contribution in [0.2, 0.25) is 0 Å². The van der Waals surface area contributed by atoms with Gasteiger partial charge in [-0.05, 0) is 37.4 Å². The molecule has 0 atom stereocenters. The van der Waals surface area contributed by atoms with Crippen LogP contribution in [-0.2, 0) is 0 Å². The fourth-order valence-corrected chi connectivity index (χ4v) is 1.55. The molecule has 0 spiro atoms. The summed E-state index contributed by atoms with van der Waals surface area (Å²) >= 11 is 0. The van der Waals surface area contributed by atoms with Crippen molar-refractivity contribution in [2.24, 2.45) is 9.98 Å². The van der Waals surface area contributed by atoms with Crippen molar-refractivity contribution in [1.82, 2.24) is 4.98 Å². The number of hydrogen-bond donors (Lipinski definition) is 2. The first-order valence-electron chi connectivity index (χ1n) is 5.72. The summed E-state index contributed by atoms with van der Waals surface area (Å²) in [7, 11) is 0. The van der Waals surface area contributed by atoms with E-state index in [1.54, 1.807) is 24.5 Å². The van der Waals surface area contributed by atoms with E-state index in [4.69, 9.17) is 11.5 Å². The molecule has 0 radical (unpaired) electrons. The molecule has 0 fully saturated rings. The zero-order chi connectivity index (χ0) is 13.8. The largest absolute Gasteiger partial charge is 0.397 e. The van der Waals surface area contributed by atoms with Gasteiger partial charge in [-0.1, -0.05) is 6.07 Å². The number of anilines is 2. The number of pyridine rings is 1. The van der Waals surface area contributed by atoms with Gasteiger partial charge in [0.25, 0.3) is 0 Å². The zero-order valence-electron chi connectivity index (χ0n) is 10.7. The number of benzene rings is 1. The predicted molar refractivity (Wildman–Crippen MR) is 80.7 cm³/mol. The van der Waals surface area contributed by atoms with Gasteiger partial charge in [0.1, 0.15) is 0 Å². The summed E-state index contributed by atoms with van der Waals surface area (Å²) in [4.78, 5) is 12.3. The Morgan fingerprint density at radius 3 is 2.47 bits per heavy atom. The average Bonchev–Trinajstić information content (AvgIpc) is 2.41. The minimum absolute atomic E-state index is 0.494. The number of aromatic nitrogens is 1. The molecule has 4 N–H and O–H groups in total. The van der Waals surface area contributed by atoms with E-state index in [1.165, 1.54) is 0 Å². The lowest BCUT2D eigenvalue weighted by atomic mass is 10.2. The van der Waals surface area contributed by atoms with Gasteiger partial charge < -0.3 is 11.5 Å². The van der Waals surface area contributed by atoms with E-state index in [2.05, 4.69) is 21.7 Å². The standard InChI is InChI=1S/C14H15N5/c1-9-3-4-10(18-7-9)8-19-14-6-11(15)13(17-2)5-12(14)16/h3-8H,2,15-16H2,1H3/b19-8+. The fraction of sp³-hybridized carbons (Fsp3) is 0.0714. The van der Waals surface area contributed by atoms with Gasteiger partial charge in [-0.2, -0.15) is 0 Å². The first-order chi connectivity index (χ1) is 9.10. The molecule has 1 aromatic heterocycles. The minimum atomic E-state index is 0.494. The summed E-state index contributed by atoms with van der Waals surface area (Å²) in [6.45, 7) is 5.41. The maximum absolute atomic E-state index is 5.88. The van der Waals surface area contributed by atoms with Crippen LogP contribution in [-0.4, -0.2) is 17.9 Å². The highest BCUT2D eigenvalue weighted by Gasteiger charge is 2.03. The van der Waals surface area contributed by atoms with Gasteiger partial charge in [0.15, 0.2) is 0 Å². The van der Waals surface area contributed by atoms with Crippen LogP contribution in [0.25, 0.3) is 0 Å². The van der Waals surface area contributed by atoms with Gasteiger partial charge in [0.05, 0.1) is 34.7 Å². The quantitative estimate of drug-likeness (QED) is 0.650. The number of nitrogen functional groups attached to an aromatic ring is 2. The van der Waals surface area contributed by atoms with Gasteiger partial charge in [-0.25, -0.2) is 0 Å². The lowest BCUT2D eigenvalue weighted by Gasteiger charge is -2.04. The molecular weight excluding hydrogens is 238 g/mol. The maximum Gasteiger partial charge on any atom is 0.0881 e. The molecule has 2 rings (SSSR count). The lowest BCUT2D eigenvalue weighted by Crippen LogP contribution is -1.92. The molecule has 0 saturated heterocycles. The Hall–Kier alpha value is -2.69. The summed E-state index contributed by atoms with van der Waals surface area (Å²) in [5, 5.41) is 0. The molecule has 5 nitrogen and oxygen atoms in total. The van der Waals surface area contributed by atoms with Crippen molar-refractivity contribution in [3.63, 3.8) is 0 Å². The van der Waals surface area contributed by atoms with E-state index >= 15 is 0 Å². The maximum atomic E-state index is 5.88. The van der Waals surface area contributed by atoms with Crippen LogP contribution in [0.15, 0.2) is 40.4 Å². The molecule has 0 unspecified atom stereocenters. The molecule has 2 aromatic rings. The molecule has 5 heteroatoms. The zero-order valence-corrected chi connectivity index (χ0v) is 10.7. The van der Waals surface area contributed by atoms with Crippen molar-refractivity contribution in [3.8, 4) is 0 Å². The van der Waals surface area contributed by atoms with E-state index in [9.17, 15) is 0 Å². The first kappa shape index (κ1) is 12.8. The molecule has 19 heavy (non-hydrogen) atoms. The second-order valence-corrected chi connectivity index (χ2v) is 4.15. The second kappa shape index (κ2) is 5.30. The third-order valence-electron chi connectivity index (χ3n) is 2.62. The molecule has 1 aromatic carbocycles. The van der Waals surface area contributed by atoms with Crippen molar-refractivity contribution in [2.75, 3.05) is 11.5 Å². The first-order valence-corrected chi connectivity index (χ1v) is 5.72. The normalized spacial score (nSPS) is 10.8. The third-order valence-corrected chi connectivity index (χ3v) is 2.62. The minimum Gasteiger partial charge on any atom is -0.397 e. The third kappa shape index (κ3) is 2.95. The lowest BCUT2D eigenvalue weighted by molar-refractivity contribution is 1.25. The number of hydrogen-bond acceptors (Lipinski definition) is 5. The molecule has 0 amide bonds. The number of nitrogens with two attached hydrogens (primary N) is 2. The molecular formula is C14H15N5. The van der Waals surface area contributed by atoms with Crippen LogP contribution < -0.4 is 11.5 Å². The van der Waals surface area contributed by atoms with Crippen molar-refractivity contribution < 1.29 is 0 Å². The van der Waals surface area contributed by atoms with Crippen molar-refractivity contribution in [2.45, 2.75) is 6.92 Å². The Bertz CT molecular complexity index is 629. The van der Waals surface area contributed by atoms with Gasteiger partial charge in [-0.3, -0.25) is 15.0 Å². The topological polar surface area (TPSA) is 89.6 Å². The summed E-state index contributed by atoms with van der Waals surface area (Å²) < 4.78 is 0. The van der Waals surface area contributed by atoms with Gasteiger partial charge in [0.2, 0.25) is 0 Å². The highest BCUT2D eigenvalue weighted by Crippen LogP contribution is 2.32. The van der Waals surface area contributed by atoms with Crippen molar-refractivity contribution in [3.05, 3.63) is 41.7 Å². The van der Waals surface area contributed by atoms with E-state index in [0.717, 1.165) is 11.3 Å². The van der Waals surface area contributed by atoms with Crippen LogP contribution in [0.3, 0.4) is 0 Å². The molecule has 96 valence electrons. The Morgan fingerprint density at radius 2 is 1.84 bits per heavy atom. The highest BCUT2D eigenvalue weighted by molar-refractivity contribution is 5.85. The van der Waals surface area contributed by atoms with E-state index in [-0.39, 0.29) is 0 Å². The van der Waals surface area contributed by atoms with E-state index in [0.29, 0.717) is 22.7 Å². The number of aliphatic imine (C=N–C) groups is 2. The van der Waals surface area contributed by atoms with Crippen LogP contribution >= 0.6 is 0 Å². The number of aryl methyl sites for hydroxylation is 1. The van der Waals surface area contributed by atoms with Crippen LogP contribution in [0.1, 0.15) is 11.3 Å². The Labute approximate surface area is 111 Å². The average molecular weight is 253 g/mol. The van der Waals surface area contributed by atoms with Gasteiger partial charge in [0, 0.05) is 6.20 Å². The number of nitrogens with zero attached hydrogens (tertiary/aromatic N) is 3. The summed E-state index contributed by atoms with van der Waals surface area (Å²) in [6, 6.07) is 7.18. The predicted octanol–water partition coefficient (Wildman–Crippen LogP) is 2.64. The molecule has 0 aliphatic heterocycles. The van der Waals surface area contributed by atoms with E-state index in [1.807, 2.05) is 19.1 Å². The smallest absolute Gasteiger partial charge is 0.0881 e. The summed E-state index contributed by atoms with van der Waals surface area (Å²) in [6.07, 6.45) is 3.43. The van der Waals surface area contributed by atoms with Crippen LogP contribution in [0.4, 0.5) is 22.7 Å². The highest BCUT2D eigenvalue weighted by atomic mass is 14.8. The van der Waals surface area contributed by atoms with Crippen LogP contribution in [0.5, 0.6) is 0 Å². The second-order valence-electron chi connectivity index (χ2n) is 4.15. The monoisotopic (exact) mass is 253 g/mol. The summed E-state index contributed by atoms with van der Waals surface area (Å²) in [5.41, 5.74) is 15.7.